The maximum atomic E-state index is 4.53. The molecule has 0 aromatic heterocycles. The number of hydrogen-bond donors (Lipinski definition) is 3. The number of guanidine groups is 1. The smallest absolute Gasteiger partial charge is 0.191 e. The SMILES string of the molecule is CN=C(NCC1(NC(C)c2ccccc2)CCCC1)NC1CCN(C2CC2)CC1.I. The predicted molar refractivity (Wildman–Crippen MR) is 137 cm³/mol. The Kier molecular flexibility index (Phi) is 8.83. The van der Waals surface area contributed by atoms with E-state index >= 15 is 0 Å². The Morgan fingerprint density at radius 2 is 1.77 bits per heavy atom. The molecular formula is C24H40IN5. The molecule has 1 aliphatic heterocycles. The van der Waals surface area contributed by atoms with Gasteiger partial charge in [0.05, 0.1) is 0 Å². The van der Waals surface area contributed by atoms with E-state index in [2.05, 4.69) is 63.1 Å². The van der Waals surface area contributed by atoms with Crippen LogP contribution < -0.4 is 16.0 Å². The molecule has 0 amide bonds. The standard InChI is InChI=1S/C24H39N5.HI/c1-19(20-8-4-3-5-9-20)28-24(14-6-7-15-24)18-26-23(25-2)27-21-12-16-29(17-13-21)22-10-11-22;/h3-5,8-9,19,21-22,28H,6-7,10-18H2,1-2H3,(H2,25,26,27);1H. The van der Waals surface area contributed by atoms with Gasteiger partial charge in [-0.25, -0.2) is 0 Å². The van der Waals surface area contributed by atoms with Crippen molar-refractivity contribution in [1.29, 1.82) is 0 Å². The third-order valence-electron chi connectivity index (χ3n) is 7.13. The number of piperidine rings is 1. The number of rotatable bonds is 7. The van der Waals surface area contributed by atoms with Gasteiger partial charge in [-0.05, 0) is 51.0 Å². The van der Waals surface area contributed by atoms with Gasteiger partial charge in [0.15, 0.2) is 5.96 Å². The van der Waals surface area contributed by atoms with Gasteiger partial charge in [0.25, 0.3) is 0 Å². The van der Waals surface area contributed by atoms with Gasteiger partial charge in [0, 0.05) is 50.3 Å². The lowest BCUT2D eigenvalue weighted by Gasteiger charge is -2.36. The normalized spacial score (nSPS) is 23.6. The lowest BCUT2D eigenvalue weighted by molar-refractivity contribution is 0.197. The summed E-state index contributed by atoms with van der Waals surface area (Å²) in [6.45, 7) is 5.69. The summed E-state index contributed by atoms with van der Waals surface area (Å²) in [4.78, 5) is 7.21. The first-order valence-electron chi connectivity index (χ1n) is 11.7. The number of halogens is 1. The molecule has 0 spiro atoms. The van der Waals surface area contributed by atoms with E-state index < -0.39 is 0 Å². The van der Waals surface area contributed by atoms with E-state index in [0.29, 0.717) is 12.1 Å². The van der Waals surface area contributed by atoms with Crippen molar-refractivity contribution in [2.45, 2.75) is 82.0 Å². The Morgan fingerprint density at radius 1 is 1.10 bits per heavy atom. The highest BCUT2D eigenvalue weighted by Crippen LogP contribution is 2.32. The third kappa shape index (κ3) is 6.33. The number of nitrogens with one attached hydrogen (secondary N) is 3. The molecule has 1 saturated heterocycles. The van der Waals surface area contributed by atoms with Crippen LogP contribution in [0.5, 0.6) is 0 Å². The molecule has 2 saturated carbocycles. The van der Waals surface area contributed by atoms with Gasteiger partial charge in [-0.2, -0.15) is 0 Å². The van der Waals surface area contributed by atoms with E-state index in [4.69, 9.17) is 0 Å². The fourth-order valence-corrected chi connectivity index (χ4v) is 5.20. The van der Waals surface area contributed by atoms with Crippen molar-refractivity contribution in [2.24, 2.45) is 4.99 Å². The number of likely N-dealkylation sites (tertiary alicyclic amines) is 1. The molecule has 1 unspecified atom stereocenters. The molecular weight excluding hydrogens is 485 g/mol. The highest BCUT2D eigenvalue weighted by molar-refractivity contribution is 14.0. The fourth-order valence-electron chi connectivity index (χ4n) is 5.20. The number of benzene rings is 1. The van der Waals surface area contributed by atoms with E-state index in [-0.39, 0.29) is 29.5 Å². The summed E-state index contributed by atoms with van der Waals surface area (Å²) in [6.07, 6.45) is 10.4. The molecule has 0 radical (unpaired) electrons. The summed E-state index contributed by atoms with van der Waals surface area (Å²) in [5, 5.41) is 11.3. The number of nitrogens with zero attached hydrogens (tertiary/aromatic N) is 2. The van der Waals surface area contributed by atoms with Gasteiger partial charge in [-0.1, -0.05) is 43.2 Å². The van der Waals surface area contributed by atoms with E-state index in [1.54, 1.807) is 0 Å². The van der Waals surface area contributed by atoms with Gasteiger partial charge in [0.2, 0.25) is 0 Å². The molecule has 2 aliphatic carbocycles. The van der Waals surface area contributed by atoms with E-state index in [0.717, 1.165) is 18.5 Å². The second-order valence-electron chi connectivity index (χ2n) is 9.38. The monoisotopic (exact) mass is 525 g/mol. The molecule has 1 atom stereocenters. The minimum absolute atomic E-state index is 0. The lowest BCUT2D eigenvalue weighted by Crippen LogP contribution is -2.56. The Bertz CT molecular complexity index is 661. The molecule has 4 rings (SSSR count). The summed E-state index contributed by atoms with van der Waals surface area (Å²) >= 11 is 0. The molecule has 5 nitrogen and oxygen atoms in total. The van der Waals surface area contributed by atoms with Crippen LogP contribution in [0.25, 0.3) is 0 Å². The minimum Gasteiger partial charge on any atom is -0.355 e. The average molecular weight is 526 g/mol. The zero-order valence-electron chi connectivity index (χ0n) is 18.7. The molecule has 1 aromatic carbocycles. The first kappa shape index (κ1) is 23.8. The maximum absolute atomic E-state index is 4.53. The molecule has 1 heterocycles. The zero-order chi connectivity index (χ0) is 20.1. The van der Waals surface area contributed by atoms with Gasteiger partial charge < -0.3 is 20.9 Å². The van der Waals surface area contributed by atoms with Gasteiger partial charge >= 0.3 is 0 Å². The Labute approximate surface area is 199 Å². The van der Waals surface area contributed by atoms with Crippen molar-refractivity contribution in [3.05, 3.63) is 35.9 Å². The first-order chi connectivity index (χ1) is 14.2. The Morgan fingerprint density at radius 3 is 2.37 bits per heavy atom. The van der Waals surface area contributed by atoms with Crippen molar-refractivity contribution in [3.63, 3.8) is 0 Å². The minimum atomic E-state index is 0. The second kappa shape index (κ2) is 11.1. The van der Waals surface area contributed by atoms with Crippen molar-refractivity contribution < 1.29 is 0 Å². The molecule has 168 valence electrons. The zero-order valence-corrected chi connectivity index (χ0v) is 21.0. The molecule has 1 aromatic rings. The molecule has 0 bridgehead atoms. The molecule has 3 aliphatic rings. The second-order valence-corrected chi connectivity index (χ2v) is 9.38. The molecule has 6 heteroatoms. The van der Waals surface area contributed by atoms with E-state index in [1.165, 1.54) is 70.0 Å². The number of aliphatic imine (C=N–C) groups is 1. The highest BCUT2D eigenvalue weighted by atomic mass is 127. The van der Waals surface area contributed by atoms with Crippen LogP contribution in [0.3, 0.4) is 0 Å². The highest BCUT2D eigenvalue weighted by Gasteiger charge is 2.35. The summed E-state index contributed by atoms with van der Waals surface area (Å²) in [5.41, 5.74) is 1.52. The van der Waals surface area contributed by atoms with Crippen molar-refractivity contribution in [1.82, 2.24) is 20.9 Å². The van der Waals surface area contributed by atoms with Crippen LogP contribution in [0.15, 0.2) is 35.3 Å². The van der Waals surface area contributed by atoms with Crippen LogP contribution in [-0.2, 0) is 0 Å². The largest absolute Gasteiger partial charge is 0.355 e. The van der Waals surface area contributed by atoms with Crippen LogP contribution >= 0.6 is 24.0 Å². The number of hydrogen-bond acceptors (Lipinski definition) is 3. The molecule has 3 fully saturated rings. The first-order valence-corrected chi connectivity index (χ1v) is 11.7. The Balaban J connectivity index is 0.00000256. The summed E-state index contributed by atoms with van der Waals surface area (Å²) in [5.74, 6) is 0.968. The summed E-state index contributed by atoms with van der Waals surface area (Å²) in [6, 6.07) is 12.6. The van der Waals surface area contributed by atoms with Gasteiger partial charge in [-0.15, -0.1) is 24.0 Å². The van der Waals surface area contributed by atoms with E-state index in [1.807, 2.05) is 7.05 Å². The van der Waals surface area contributed by atoms with Crippen LogP contribution in [0.1, 0.15) is 69.9 Å². The van der Waals surface area contributed by atoms with Gasteiger partial charge in [-0.3, -0.25) is 4.99 Å². The summed E-state index contributed by atoms with van der Waals surface area (Å²) < 4.78 is 0. The predicted octanol–water partition coefficient (Wildman–Crippen LogP) is 4.06. The van der Waals surface area contributed by atoms with Crippen molar-refractivity contribution in [3.8, 4) is 0 Å². The molecule has 30 heavy (non-hydrogen) atoms. The van der Waals surface area contributed by atoms with Crippen LogP contribution in [0, 0.1) is 0 Å². The van der Waals surface area contributed by atoms with Crippen molar-refractivity contribution >= 4 is 29.9 Å². The quantitative estimate of drug-likeness (QED) is 0.286. The van der Waals surface area contributed by atoms with Gasteiger partial charge in [0.1, 0.15) is 0 Å². The van der Waals surface area contributed by atoms with Crippen LogP contribution in [0.4, 0.5) is 0 Å². The molecule has 3 N–H and O–H groups in total. The summed E-state index contributed by atoms with van der Waals surface area (Å²) in [7, 11) is 1.90. The topological polar surface area (TPSA) is 51.7 Å². The van der Waals surface area contributed by atoms with Crippen LogP contribution in [0.2, 0.25) is 0 Å². The lowest BCUT2D eigenvalue weighted by atomic mass is 9.94. The average Bonchev–Trinajstić information content (AvgIpc) is 3.52. The van der Waals surface area contributed by atoms with Crippen molar-refractivity contribution in [2.75, 3.05) is 26.7 Å². The fraction of sp³-hybridized carbons (Fsp3) is 0.708. The van der Waals surface area contributed by atoms with E-state index in [9.17, 15) is 0 Å². The Hall–Kier alpha value is -0.860. The third-order valence-corrected chi connectivity index (χ3v) is 7.13. The maximum Gasteiger partial charge on any atom is 0.191 e. The van der Waals surface area contributed by atoms with Crippen LogP contribution in [-0.4, -0.2) is 55.2 Å².